The highest BCUT2D eigenvalue weighted by Crippen LogP contribution is 2.23. The fourth-order valence-electron chi connectivity index (χ4n) is 8.75. The minimum atomic E-state index is -4.00. The Labute approximate surface area is 621 Å². The molecule has 3 atom stereocenters. The molecule has 1 heterocycles. The predicted octanol–water partition coefficient (Wildman–Crippen LogP) is -4.34. The quantitative estimate of drug-likeness (QED) is 0.0169. The molecular weight excluding hydrogens is 1490 g/mol. The Morgan fingerprint density at radius 1 is 0.481 bits per heavy atom. The van der Waals surface area contributed by atoms with E-state index in [1.807, 2.05) is 0 Å². The number of piperazine rings is 1. The van der Waals surface area contributed by atoms with Gasteiger partial charge in [0.1, 0.15) is 18.1 Å². The molecule has 0 bridgehead atoms. The number of anilines is 2. The number of hydrogen-bond acceptors (Lipinski definition) is 31. The third-order valence-corrected chi connectivity index (χ3v) is 18.1. The molecule has 7 amide bonds. The summed E-state index contributed by atoms with van der Waals surface area (Å²) in [5.41, 5.74) is 0.433. The van der Waals surface area contributed by atoms with Crippen LogP contribution in [-0.4, -0.2) is 347 Å². The Hall–Kier alpha value is -6.74. The Kier molecular flexibility index (Phi) is 49.1. The van der Waals surface area contributed by atoms with Crippen molar-refractivity contribution in [1.29, 1.82) is 0 Å². The van der Waals surface area contributed by atoms with E-state index >= 15 is 0 Å². The first-order chi connectivity index (χ1) is 50.8. The number of aliphatic carboxylic acids is 3. The number of aliphatic hydroxyl groups is 1. The van der Waals surface area contributed by atoms with Gasteiger partial charge in [0, 0.05) is 43.2 Å². The highest BCUT2D eigenvalue weighted by molar-refractivity contribution is 8.76. The lowest BCUT2D eigenvalue weighted by Crippen LogP contribution is -2.57. The second-order valence-electron chi connectivity index (χ2n) is 22.3. The van der Waals surface area contributed by atoms with Crippen molar-refractivity contribution in [3.05, 3.63) is 48.5 Å². The number of ether oxygens (including phenoxy) is 12. The SMILES string of the molecule is NS(=O)(=O)c1ccc(NC(=O)CN(CCN2CC(=O)N(c3ccc(S(N)(=O)=O)cc3)C(=O)C2)CC(=O)NCCOCCOCCOCCOCCOCCOCCOCCOCCOCCOCCOCCOCCC(=O)N[C@@H](CC(=O)O)C(=O)N[C@@H](CC(=O)O)C(=O)N[C@@H](CSSCCO)C(=O)O)cc1. The van der Waals surface area contributed by atoms with Crippen LogP contribution in [-0.2, 0) is 125 Å². The largest absolute Gasteiger partial charge is 0.481 e. The number of nitrogens with two attached hydrogens (primary N) is 2. The van der Waals surface area contributed by atoms with Gasteiger partial charge in [0.15, 0.2) is 0 Å². The Bertz CT molecular complexity index is 3170. The van der Waals surface area contributed by atoms with Crippen LogP contribution in [0, 0.1) is 0 Å². The van der Waals surface area contributed by atoms with Crippen LogP contribution < -0.4 is 41.8 Å². The summed E-state index contributed by atoms with van der Waals surface area (Å²) in [7, 11) is -5.80. The molecule has 600 valence electrons. The minimum Gasteiger partial charge on any atom is -0.481 e. The van der Waals surface area contributed by atoms with Gasteiger partial charge in [-0.15, -0.1) is 0 Å². The number of carbonyl (C=O) groups excluding carboxylic acids is 7. The number of imide groups is 1. The summed E-state index contributed by atoms with van der Waals surface area (Å²) in [4.78, 5) is 129. The molecule has 2 aromatic rings. The second kappa shape index (κ2) is 55.6. The normalized spacial score (nSPS) is 13.6. The first-order valence-corrected chi connectivity index (χ1v) is 38.8. The van der Waals surface area contributed by atoms with Crippen molar-refractivity contribution < 1.29 is 142 Å². The van der Waals surface area contributed by atoms with Crippen LogP contribution in [0.15, 0.2) is 58.3 Å². The van der Waals surface area contributed by atoms with E-state index in [4.69, 9.17) is 72.2 Å². The maximum atomic E-state index is 13.1. The lowest BCUT2D eigenvalue weighted by Gasteiger charge is -2.33. The molecular formula is C62H98N10O30S4. The molecule has 0 saturated carbocycles. The maximum absolute atomic E-state index is 13.1. The summed E-state index contributed by atoms with van der Waals surface area (Å²) in [5, 5.41) is 59.1. The third kappa shape index (κ3) is 44.5. The summed E-state index contributed by atoms with van der Waals surface area (Å²) in [6.07, 6.45) is -2.19. The van der Waals surface area contributed by atoms with E-state index in [0.717, 1.165) is 26.5 Å². The molecule has 44 heteroatoms. The number of rotatable bonds is 65. The van der Waals surface area contributed by atoms with Gasteiger partial charge in [-0.2, -0.15) is 0 Å². The molecule has 0 aliphatic carbocycles. The van der Waals surface area contributed by atoms with E-state index in [-0.39, 0.29) is 144 Å². The number of hydrogen-bond donors (Lipinski definition) is 11. The van der Waals surface area contributed by atoms with Crippen molar-refractivity contribution in [2.45, 2.75) is 47.2 Å². The fourth-order valence-corrected chi connectivity index (χ4v) is 11.7. The van der Waals surface area contributed by atoms with Crippen LogP contribution in [0.3, 0.4) is 0 Å². The number of carboxylic acid groups (broad SMARTS) is 3. The van der Waals surface area contributed by atoms with Gasteiger partial charge in [-0.25, -0.2) is 36.8 Å². The molecule has 1 fully saturated rings. The van der Waals surface area contributed by atoms with Crippen LogP contribution in [0.4, 0.5) is 11.4 Å². The van der Waals surface area contributed by atoms with Gasteiger partial charge in [-0.1, -0.05) is 21.6 Å². The molecule has 0 spiro atoms. The van der Waals surface area contributed by atoms with Crippen LogP contribution in [0.5, 0.6) is 0 Å². The van der Waals surface area contributed by atoms with E-state index in [2.05, 4.69) is 26.6 Å². The highest BCUT2D eigenvalue weighted by atomic mass is 33.1. The smallest absolute Gasteiger partial charge is 0.327 e. The first kappa shape index (κ1) is 93.5. The van der Waals surface area contributed by atoms with Crippen molar-refractivity contribution in [2.24, 2.45) is 10.3 Å². The van der Waals surface area contributed by atoms with Gasteiger partial charge < -0.3 is 104 Å². The number of amides is 7. The van der Waals surface area contributed by atoms with Crippen molar-refractivity contribution >= 4 is 112 Å². The molecule has 1 aliphatic heterocycles. The standard InChI is InChI=1S/C62H98N10O30S4/c63-105(87,88)48-5-1-46(2-6-48)66-55(76)42-70(11-12-71-43-56(77)72(57(78)44-71)47-3-7-49(8-4-47)106(64,89)90)41-54(75)65-10-15-92-17-19-94-21-23-96-25-27-98-29-31-100-33-35-102-37-36-101-34-32-99-30-28-97-26-24-95-22-20-93-18-16-91-14-9-53(74)67-50(39-58(79)80)60(83)68-51(40-59(81)82)61(84)69-52(62(85)86)45-104-103-38-13-73/h1-8,50-52,73H,9-45H2,(H,65,75)(H,66,76)(H,67,74)(H,68,83)(H,69,84)(H,79,80)(H,81,82)(H,85,86)(H2,63,87,88)(H2,64,89,90)/t50-,51-,52-/m0/s1. The monoisotopic (exact) mass is 1590 g/mol. The number of carbonyl (C=O) groups is 10. The molecule has 13 N–H and O–H groups in total. The molecule has 3 rings (SSSR count). The van der Waals surface area contributed by atoms with Crippen LogP contribution in [0.2, 0.25) is 0 Å². The molecule has 0 unspecified atom stereocenters. The molecule has 0 radical (unpaired) electrons. The number of benzene rings is 2. The molecule has 1 aliphatic rings. The van der Waals surface area contributed by atoms with E-state index in [1.165, 1.54) is 53.4 Å². The maximum Gasteiger partial charge on any atom is 0.327 e. The topological polar surface area (TPSA) is 553 Å². The minimum absolute atomic E-state index is 0.0686. The number of aliphatic hydroxyl groups excluding tert-OH is 1. The summed E-state index contributed by atoms with van der Waals surface area (Å²) in [6.45, 7) is 6.24. The fraction of sp³-hybridized carbons (Fsp3) is 0.645. The summed E-state index contributed by atoms with van der Waals surface area (Å²) in [6, 6.07) is 5.11. The summed E-state index contributed by atoms with van der Waals surface area (Å²) >= 11 is 0. The zero-order valence-electron chi connectivity index (χ0n) is 58.5. The lowest BCUT2D eigenvalue weighted by atomic mass is 10.1. The van der Waals surface area contributed by atoms with E-state index < -0.39 is 110 Å². The average molecular weight is 1590 g/mol. The number of carboxylic acids is 3. The van der Waals surface area contributed by atoms with Crippen molar-refractivity contribution in [2.75, 3.05) is 233 Å². The van der Waals surface area contributed by atoms with Crippen molar-refractivity contribution in [3.8, 4) is 0 Å². The van der Waals surface area contributed by atoms with Crippen LogP contribution >= 0.6 is 21.6 Å². The first-order valence-electron chi connectivity index (χ1n) is 33.2. The molecule has 2 aromatic carbocycles. The van der Waals surface area contributed by atoms with Crippen molar-refractivity contribution in [1.82, 2.24) is 31.1 Å². The molecule has 40 nitrogen and oxygen atoms in total. The van der Waals surface area contributed by atoms with Crippen molar-refractivity contribution in [3.63, 3.8) is 0 Å². The Balaban J connectivity index is 1.08. The number of nitrogens with one attached hydrogen (secondary N) is 5. The van der Waals surface area contributed by atoms with Gasteiger partial charge in [-0.05, 0) is 48.5 Å². The third-order valence-electron chi connectivity index (χ3n) is 13.9. The molecule has 106 heavy (non-hydrogen) atoms. The summed E-state index contributed by atoms with van der Waals surface area (Å²) < 4.78 is 113. The second-order valence-corrected chi connectivity index (χ2v) is 28.0. The van der Waals surface area contributed by atoms with E-state index in [0.29, 0.717) is 106 Å². The lowest BCUT2D eigenvalue weighted by molar-refractivity contribution is -0.144. The van der Waals surface area contributed by atoms with Crippen LogP contribution in [0.1, 0.15) is 19.3 Å². The number of nitrogens with zero attached hydrogens (tertiary/aromatic N) is 3. The van der Waals surface area contributed by atoms with Crippen LogP contribution in [0.25, 0.3) is 0 Å². The number of sulfonamides is 2. The predicted molar refractivity (Wildman–Crippen MR) is 377 cm³/mol. The van der Waals surface area contributed by atoms with Gasteiger partial charge >= 0.3 is 17.9 Å². The van der Waals surface area contributed by atoms with Gasteiger partial charge in [0.25, 0.3) is 0 Å². The van der Waals surface area contributed by atoms with E-state index in [1.54, 1.807) is 4.90 Å². The van der Waals surface area contributed by atoms with E-state index in [9.17, 15) is 80.1 Å². The summed E-state index contributed by atoms with van der Waals surface area (Å²) in [5.74, 6) is -9.62. The average Bonchev–Trinajstić information content (AvgIpc) is 0.806. The zero-order chi connectivity index (χ0) is 77.8. The Morgan fingerprint density at radius 2 is 0.849 bits per heavy atom. The molecule has 1 saturated heterocycles. The van der Waals surface area contributed by atoms with Gasteiger partial charge in [-0.3, -0.25) is 53.0 Å². The van der Waals surface area contributed by atoms with Gasteiger partial charge in [0.2, 0.25) is 61.4 Å². The van der Waals surface area contributed by atoms with Gasteiger partial charge in [0.05, 0.1) is 220 Å². The Morgan fingerprint density at radius 3 is 1.24 bits per heavy atom. The zero-order valence-corrected chi connectivity index (χ0v) is 61.8. The molecule has 0 aromatic heterocycles. The number of primary sulfonamides is 2. The highest BCUT2D eigenvalue weighted by Gasteiger charge is 2.34.